The van der Waals surface area contributed by atoms with Crippen molar-refractivity contribution in [1.82, 2.24) is 20.1 Å². The van der Waals surface area contributed by atoms with Crippen molar-refractivity contribution >= 4 is 29.3 Å². The van der Waals surface area contributed by atoms with Crippen LogP contribution in [-0.2, 0) is 17.8 Å². The number of aromatic nitrogens is 3. The zero-order valence-electron chi connectivity index (χ0n) is 21.8. The molecule has 2 N–H and O–H groups in total. The molecule has 0 bridgehead atoms. The molecule has 1 atom stereocenters. The summed E-state index contributed by atoms with van der Waals surface area (Å²) >= 11 is 1.33. The van der Waals surface area contributed by atoms with E-state index in [0.29, 0.717) is 34.6 Å². The molecule has 2 amide bonds. The number of anilines is 1. The van der Waals surface area contributed by atoms with Crippen LogP contribution in [0.4, 0.5) is 5.69 Å². The molecule has 1 aromatic heterocycles. The van der Waals surface area contributed by atoms with Gasteiger partial charge in [0.1, 0.15) is 0 Å². The van der Waals surface area contributed by atoms with Crippen LogP contribution in [0.1, 0.15) is 61.0 Å². The van der Waals surface area contributed by atoms with Gasteiger partial charge in [0, 0.05) is 17.8 Å². The van der Waals surface area contributed by atoms with Crippen molar-refractivity contribution in [2.24, 2.45) is 5.92 Å². The number of fused-ring (bicyclic) bond motifs is 1. The number of rotatable bonds is 10. The minimum Gasteiger partial charge on any atom is -0.454 e. The highest BCUT2D eigenvalue weighted by atomic mass is 32.2. The molecule has 0 saturated heterocycles. The van der Waals surface area contributed by atoms with Crippen molar-refractivity contribution in [1.29, 1.82) is 0 Å². The summed E-state index contributed by atoms with van der Waals surface area (Å²) in [6.07, 6.45) is 0.840. The molecular weight excluding hydrogens is 490 g/mol. The largest absolute Gasteiger partial charge is 0.454 e. The number of ether oxygens (including phenoxy) is 2. The summed E-state index contributed by atoms with van der Waals surface area (Å²) in [6.45, 7) is 10.9. The number of para-hydroxylation sites is 1. The normalized spacial score (nSPS) is 13.0. The molecule has 0 aliphatic carbocycles. The van der Waals surface area contributed by atoms with Gasteiger partial charge in [0.2, 0.25) is 12.7 Å². The molecule has 1 aliphatic rings. The fourth-order valence-electron chi connectivity index (χ4n) is 4.23. The van der Waals surface area contributed by atoms with Gasteiger partial charge in [-0.25, -0.2) is 0 Å². The monoisotopic (exact) mass is 523 g/mol. The number of hydrogen-bond acceptors (Lipinski definition) is 7. The predicted octanol–water partition coefficient (Wildman–Crippen LogP) is 4.76. The topological polar surface area (TPSA) is 107 Å². The first kappa shape index (κ1) is 26.5. The molecule has 0 fully saturated rings. The van der Waals surface area contributed by atoms with Crippen molar-refractivity contribution in [3.8, 4) is 11.5 Å². The van der Waals surface area contributed by atoms with Gasteiger partial charge in [0.15, 0.2) is 22.5 Å². The molecular formula is C27H33N5O4S. The highest BCUT2D eigenvalue weighted by Crippen LogP contribution is 2.33. The van der Waals surface area contributed by atoms with Crippen LogP contribution >= 0.6 is 11.8 Å². The average Bonchev–Trinajstić information content (AvgIpc) is 3.52. The molecule has 196 valence electrons. The SMILES string of the molecule is CCc1cccc(C)c1NC(=O)CSc1nnc(C(NC(=O)c2ccc3c(c2)OCO3)C(C)C)n1CC. The highest BCUT2D eigenvalue weighted by Gasteiger charge is 2.27. The standard InChI is InChI=1S/C27H33N5O4S/c1-6-18-10-8-9-17(5)24(18)28-22(33)14-37-27-31-30-25(32(27)7-2)23(16(3)4)29-26(34)19-11-12-20-21(13-19)36-15-35-20/h8-13,16,23H,6-7,14-15H2,1-5H3,(H,28,33)(H,29,34). The molecule has 0 saturated carbocycles. The number of hydrogen-bond donors (Lipinski definition) is 2. The smallest absolute Gasteiger partial charge is 0.252 e. The van der Waals surface area contributed by atoms with Gasteiger partial charge in [-0.05, 0) is 55.5 Å². The third-order valence-electron chi connectivity index (χ3n) is 6.26. The molecule has 0 radical (unpaired) electrons. The molecule has 2 aromatic carbocycles. The van der Waals surface area contributed by atoms with Gasteiger partial charge < -0.3 is 24.7 Å². The summed E-state index contributed by atoms with van der Waals surface area (Å²) in [5, 5.41) is 15.6. The van der Waals surface area contributed by atoms with E-state index in [-0.39, 0.29) is 36.3 Å². The van der Waals surface area contributed by atoms with Crippen molar-refractivity contribution in [3.63, 3.8) is 0 Å². The minimum atomic E-state index is -0.368. The maximum atomic E-state index is 13.1. The van der Waals surface area contributed by atoms with Crippen LogP contribution in [0.5, 0.6) is 11.5 Å². The molecule has 10 heteroatoms. The van der Waals surface area contributed by atoms with Gasteiger partial charge >= 0.3 is 0 Å². The number of carbonyl (C=O) groups is 2. The molecule has 3 aromatic rings. The lowest BCUT2D eigenvalue weighted by Crippen LogP contribution is -2.33. The summed E-state index contributed by atoms with van der Waals surface area (Å²) in [6, 6.07) is 10.8. The number of carbonyl (C=O) groups excluding carboxylic acids is 2. The van der Waals surface area contributed by atoms with Gasteiger partial charge in [0.25, 0.3) is 5.91 Å². The Morgan fingerprint density at radius 1 is 1.11 bits per heavy atom. The molecule has 1 unspecified atom stereocenters. The Labute approximate surface area is 221 Å². The van der Waals surface area contributed by atoms with E-state index in [9.17, 15) is 9.59 Å². The average molecular weight is 524 g/mol. The highest BCUT2D eigenvalue weighted by molar-refractivity contribution is 7.99. The van der Waals surface area contributed by atoms with Crippen molar-refractivity contribution in [3.05, 3.63) is 58.9 Å². The Bertz CT molecular complexity index is 1290. The van der Waals surface area contributed by atoms with Gasteiger partial charge in [-0.3, -0.25) is 9.59 Å². The second kappa shape index (κ2) is 11.7. The summed E-state index contributed by atoms with van der Waals surface area (Å²) in [5.41, 5.74) is 3.50. The maximum Gasteiger partial charge on any atom is 0.252 e. The number of benzene rings is 2. The summed E-state index contributed by atoms with van der Waals surface area (Å²) in [7, 11) is 0. The fraction of sp³-hybridized carbons (Fsp3) is 0.407. The van der Waals surface area contributed by atoms with Crippen LogP contribution in [0.15, 0.2) is 41.6 Å². The lowest BCUT2D eigenvalue weighted by Gasteiger charge is -2.22. The van der Waals surface area contributed by atoms with E-state index in [0.717, 1.165) is 23.2 Å². The van der Waals surface area contributed by atoms with Crippen molar-refractivity contribution in [2.75, 3.05) is 17.9 Å². The zero-order chi connectivity index (χ0) is 26.5. The number of amides is 2. The van der Waals surface area contributed by atoms with E-state index in [1.807, 2.05) is 50.5 Å². The second-order valence-corrected chi connectivity index (χ2v) is 10.1. The Hall–Kier alpha value is -3.53. The summed E-state index contributed by atoms with van der Waals surface area (Å²) in [4.78, 5) is 25.9. The van der Waals surface area contributed by atoms with Gasteiger partial charge in [-0.2, -0.15) is 0 Å². The van der Waals surface area contributed by atoms with Crippen molar-refractivity contribution < 1.29 is 19.1 Å². The Morgan fingerprint density at radius 2 is 1.89 bits per heavy atom. The molecule has 0 spiro atoms. The van der Waals surface area contributed by atoms with Crippen LogP contribution in [0.25, 0.3) is 0 Å². The molecule has 2 heterocycles. The first-order valence-electron chi connectivity index (χ1n) is 12.5. The maximum absolute atomic E-state index is 13.1. The van der Waals surface area contributed by atoms with Gasteiger partial charge in [-0.15, -0.1) is 10.2 Å². The Morgan fingerprint density at radius 3 is 2.62 bits per heavy atom. The van der Waals surface area contributed by atoms with Crippen LogP contribution in [0.3, 0.4) is 0 Å². The van der Waals surface area contributed by atoms with E-state index in [4.69, 9.17) is 9.47 Å². The Kier molecular flexibility index (Phi) is 8.38. The second-order valence-electron chi connectivity index (χ2n) is 9.15. The number of nitrogens with zero attached hydrogens (tertiary/aromatic N) is 3. The van der Waals surface area contributed by atoms with Crippen LogP contribution in [-0.4, -0.2) is 39.1 Å². The van der Waals surface area contributed by atoms with Gasteiger partial charge in [0.05, 0.1) is 11.8 Å². The first-order valence-corrected chi connectivity index (χ1v) is 13.5. The van der Waals surface area contributed by atoms with E-state index in [1.54, 1.807) is 18.2 Å². The fourth-order valence-corrected chi connectivity index (χ4v) is 5.04. The number of nitrogens with one attached hydrogen (secondary N) is 2. The quantitative estimate of drug-likeness (QED) is 0.369. The molecule has 1 aliphatic heterocycles. The van der Waals surface area contributed by atoms with E-state index >= 15 is 0 Å². The van der Waals surface area contributed by atoms with Crippen LogP contribution < -0.4 is 20.1 Å². The summed E-state index contributed by atoms with van der Waals surface area (Å²) < 4.78 is 12.7. The molecule has 9 nitrogen and oxygen atoms in total. The van der Waals surface area contributed by atoms with Crippen LogP contribution in [0, 0.1) is 12.8 Å². The molecule has 37 heavy (non-hydrogen) atoms. The van der Waals surface area contributed by atoms with E-state index in [1.165, 1.54) is 11.8 Å². The third-order valence-corrected chi connectivity index (χ3v) is 7.23. The minimum absolute atomic E-state index is 0.0575. The lowest BCUT2D eigenvalue weighted by atomic mass is 10.0. The van der Waals surface area contributed by atoms with E-state index < -0.39 is 0 Å². The zero-order valence-corrected chi connectivity index (χ0v) is 22.6. The predicted molar refractivity (Wildman–Crippen MR) is 143 cm³/mol. The lowest BCUT2D eigenvalue weighted by molar-refractivity contribution is -0.113. The molecule has 4 rings (SSSR count). The van der Waals surface area contributed by atoms with Gasteiger partial charge in [-0.1, -0.05) is 50.7 Å². The number of thioether (sulfide) groups is 1. The third kappa shape index (κ3) is 5.90. The van der Waals surface area contributed by atoms with Crippen molar-refractivity contribution in [2.45, 2.75) is 58.8 Å². The van der Waals surface area contributed by atoms with E-state index in [2.05, 4.69) is 27.8 Å². The van der Waals surface area contributed by atoms with Crippen LogP contribution in [0.2, 0.25) is 0 Å². The Balaban J connectivity index is 1.46. The summed E-state index contributed by atoms with van der Waals surface area (Å²) in [5.74, 6) is 1.76. The number of aryl methyl sites for hydroxylation is 2. The first-order chi connectivity index (χ1) is 17.8.